The molecule has 2 aromatic rings. The molecule has 1 aliphatic heterocycles. The van der Waals surface area contributed by atoms with Crippen LogP contribution in [0.4, 0.5) is 24.5 Å². The number of nitrogens with one attached hydrogen (secondary N) is 1. The van der Waals surface area contributed by atoms with E-state index in [0.717, 1.165) is 17.8 Å². The van der Waals surface area contributed by atoms with Gasteiger partial charge in [0.15, 0.2) is 0 Å². The van der Waals surface area contributed by atoms with Crippen LogP contribution in [0.3, 0.4) is 0 Å². The zero-order valence-corrected chi connectivity index (χ0v) is 15.6. The molecule has 2 aromatic carbocycles. The Hall–Kier alpha value is -2.45. The highest BCUT2D eigenvalue weighted by Gasteiger charge is 2.33. The second-order valence-electron chi connectivity index (χ2n) is 6.52. The Morgan fingerprint density at radius 2 is 1.71 bits per heavy atom. The molecule has 0 aliphatic carbocycles. The lowest BCUT2D eigenvalue weighted by atomic mass is 10.2. The third-order valence-corrected chi connectivity index (χ3v) is 4.84. The number of phenolic OH excluding ortho intramolecular Hbond substituents is 1. The molecule has 1 amide bonds. The van der Waals surface area contributed by atoms with E-state index < -0.39 is 16.8 Å². The lowest BCUT2D eigenvalue weighted by Gasteiger charge is -2.35. The number of amides is 1. The molecule has 2 N–H and O–H groups in total. The first-order chi connectivity index (χ1) is 13.2. The van der Waals surface area contributed by atoms with Crippen LogP contribution in [0.25, 0.3) is 0 Å². The molecule has 5 nitrogen and oxygen atoms in total. The fourth-order valence-electron chi connectivity index (χ4n) is 3.05. The van der Waals surface area contributed by atoms with E-state index in [1.54, 1.807) is 12.1 Å². The van der Waals surface area contributed by atoms with Crippen molar-refractivity contribution in [3.8, 4) is 5.75 Å². The zero-order chi connectivity index (χ0) is 20.3. The van der Waals surface area contributed by atoms with E-state index in [2.05, 4.69) is 10.2 Å². The van der Waals surface area contributed by atoms with E-state index in [9.17, 15) is 23.1 Å². The van der Waals surface area contributed by atoms with E-state index in [0.29, 0.717) is 26.2 Å². The minimum Gasteiger partial charge on any atom is -0.508 e. The lowest BCUT2D eigenvalue weighted by molar-refractivity contribution is -0.137. The Bertz CT molecular complexity index is 835. The highest BCUT2D eigenvalue weighted by Crippen LogP contribution is 2.36. The van der Waals surface area contributed by atoms with Gasteiger partial charge in [-0.1, -0.05) is 11.6 Å². The van der Waals surface area contributed by atoms with Gasteiger partial charge in [0, 0.05) is 37.6 Å². The maximum Gasteiger partial charge on any atom is 0.417 e. The van der Waals surface area contributed by atoms with Crippen molar-refractivity contribution in [1.82, 2.24) is 4.90 Å². The van der Waals surface area contributed by atoms with Crippen molar-refractivity contribution in [3.63, 3.8) is 0 Å². The second-order valence-corrected chi connectivity index (χ2v) is 6.93. The van der Waals surface area contributed by atoms with Crippen molar-refractivity contribution in [2.45, 2.75) is 6.18 Å². The van der Waals surface area contributed by atoms with Crippen LogP contribution in [-0.4, -0.2) is 48.6 Å². The summed E-state index contributed by atoms with van der Waals surface area (Å²) in [7, 11) is 0. The number of rotatable bonds is 4. The first kappa shape index (κ1) is 20.3. The van der Waals surface area contributed by atoms with Crippen molar-refractivity contribution < 1.29 is 23.1 Å². The monoisotopic (exact) mass is 413 g/mol. The second kappa shape index (κ2) is 8.28. The summed E-state index contributed by atoms with van der Waals surface area (Å²) in [5.41, 5.74) is 0.0710. The molecule has 0 radical (unpaired) electrons. The molecular weight excluding hydrogens is 395 g/mol. The molecule has 1 fully saturated rings. The van der Waals surface area contributed by atoms with Crippen molar-refractivity contribution >= 4 is 28.9 Å². The predicted octanol–water partition coefficient (Wildman–Crippen LogP) is 3.83. The summed E-state index contributed by atoms with van der Waals surface area (Å²) in [6, 6.07) is 10.2. The van der Waals surface area contributed by atoms with Crippen LogP contribution in [0.5, 0.6) is 5.75 Å². The van der Waals surface area contributed by atoms with Crippen LogP contribution >= 0.6 is 11.6 Å². The minimum atomic E-state index is -4.58. The van der Waals surface area contributed by atoms with Crippen molar-refractivity contribution in [2.75, 3.05) is 42.9 Å². The van der Waals surface area contributed by atoms with Gasteiger partial charge in [0.1, 0.15) is 5.75 Å². The molecule has 3 rings (SSSR count). The number of hydrogen-bond acceptors (Lipinski definition) is 4. The molecule has 150 valence electrons. The number of aromatic hydroxyl groups is 1. The van der Waals surface area contributed by atoms with Crippen LogP contribution < -0.4 is 10.2 Å². The molecule has 1 heterocycles. The smallest absolute Gasteiger partial charge is 0.417 e. The molecular formula is C19H19ClF3N3O2. The normalized spacial score (nSPS) is 15.5. The van der Waals surface area contributed by atoms with Gasteiger partial charge in [-0.25, -0.2) is 0 Å². The Labute approximate surface area is 165 Å². The summed E-state index contributed by atoms with van der Waals surface area (Å²) in [4.78, 5) is 16.3. The molecule has 0 unspecified atom stereocenters. The number of carbonyl (C=O) groups is 1. The SMILES string of the molecule is O=C(CN1CCN(c2ccc(O)cc2)CC1)Nc1ccc(Cl)c(C(F)(F)F)c1. The van der Waals surface area contributed by atoms with Gasteiger partial charge < -0.3 is 15.3 Å². The zero-order valence-electron chi connectivity index (χ0n) is 14.8. The van der Waals surface area contributed by atoms with Crippen LogP contribution in [-0.2, 0) is 11.0 Å². The molecule has 1 aliphatic rings. The Kier molecular flexibility index (Phi) is 6.00. The summed E-state index contributed by atoms with van der Waals surface area (Å²) >= 11 is 5.59. The molecule has 28 heavy (non-hydrogen) atoms. The number of carbonyl (C=O) groups excluding carboxylic acids is 1. The number of anilines is 2. The topological polar surface area (TPSA) is 55.8 Å². The quantitative estimate of drug-likeness (QED) is 0.800. The number of halogens is 4. The summed E-state index contributed by atoms with van der Waals surface area (Å²) in [6.45, 7) is 2.78. The minimum absolute atomic E-state index is 0.0597. The number of alkyl halides is 3. The average molecular weight is 414 g/mol. The number of hydrogen-bond donors (Lipinski definition) is 2. The largest absolute Gasteiger partial charge is 0.508 e. The number of phenols is 1. The van der Waals surface area contributed by atoms with Gasteiger partial charge in [0.2, 0.25) is 5.91 Å². The van der Waals surface area contributed by atoms with E-state index in [4.69, 9.17) is 11.6 Å². The van der Waals surface area contributed by atoms with Gasteiger partial charge >= 0.3 is 6.18 Å². The van der Waals surface area contributed by atoms with Crippen molar-refractivity contribution in [3.05, 3.63) is 53.1 Å². The van der Waals surface area contributed by atoms with Gasteiger partial charge in [-0.2, -0.15) is 13.2 Å². The third-order valence-electron chi connectivity index (χ3n) is 4.51. The van der Waals surface area contributed by atoms with Crippen LogP contribution in [0.15, 0.2) is 42.5 Å². The van der Waals surface area contributed by atoms with E-state index >= 15 is 0 Å². The summed E-state index contributed by atoms with van der Waals surface area (Å²) in [5, 5.41) is 11.4. The highest BCUT2D eigenvalue weighted by molar-refractivity contribution is 6.31. The number of nitrogens with zero attached hydrogens (tertiary/aromatic N) is 2. The van der Waals surface area contributed by atoms with Crippen LogP contribution in [0.1, 0.15) is 5.56 Å². The Morgan fingerprint density at radius 3 is 2.32 bits per heavy atom. The lowest BCUT2D eigenvalue weighted by Crippen LogP contribution is -2.48. The van der Waals surface area contributed by atoms with Crippen molar-refractivity contribution in [1.29, 1.82) is 0 Å². The Balaban J connectivity index is 1.53. The standard InChI is InChI=1S/C19H19ClF3N3O2/c20-17-6-1-13(11-16(17)19(21,22)23)24-18(28)12-25-7-9-26(10-8-25)14-2-4-15(27)5-3-14/h1-6,11,27H,7-10,12H2,(H,24,28). The first-order valence-corrected chi connectivity index (χ1v) is 9.03. The fraction of sp³-hybridized carbons (Fsp3) is 0.316. The highest BCUT2D eigenvalue weighted by atomic mass is 35.5. The third kappa shape index (κ3) is 5.08. The molecule has 0 spiro atoms. The van der Waals surface area contributed by atoms with E-state index in [1.807, 2.05) is 17.0 Å². The van der Waals surface area contributed by atoms with Gasteiger partial charge in [-0.3, -0.25) is 9.69 Å². The van der Waals surface area contributed by atoms with Gasteiger partial charge in [0.05, 0.1) is 17.1 Å². The Morgan fingerprint density at radius 1 is 1.07 bits per heavy atom. The average Bonchev–Trinajstić information content (AvgIpc) is 2.64. The van der Waals surface area contributed by atoms with Gasteiger partial charge in [-0.05, 0) is 42.5 Å². The molecule has 1 saturated heterocycles. The van der Waals surface area contributed by atoms with Gasteiger partial charge in [-0.15, -0.1) is 0 Å². The predicted molar refractivity (Wildman–Crippen MR) is 102 cm³/mol. The number of piperazine rings is 1. The van der Waals surface area contributed by atoms with Gasteiger partial charge in [0.25, 0.3) is 0 Å². The fourth-order valence-corrected chi connectivity index (χ4v) is 3.28. The summed E-state index contributed by atoms with van der Waals surface area (Å²) in [5.74, 6) is -0.177. The molecule has 0 bridgehead atoms. The first-order valence-electron chi connectivity index (χ1n) is 8.65. The van der Waals surface area contributed by atoms with Crippen LogP contribution in [0.2, 0.25) is 5.02 Å². The molecule has 0 saturated carbocycles. The van der Waals surface area contributed by atoms with E-state index in [1.165, 1.54) is 6.07 Å². The maximum atomic E-state index is 12.9. The van der Waals surface area contributed by atoms with Crippen LogP contribution in [0, 0.1) is 0 Å². The molecule has 0 atom stereocenters. The molecule has 0 aromatic heterocycles. The molecule has 9 heteroatoms. The number of benzene rings is 2. The van der Waals surface area contributed by atoms with Crippen molar-refractivity contribution in [2.24, 2.45) is 0 Å². The summed E-state index contributed by atoms with van der Waals surface area (Å²) in [6.07, 6.45) is -4.58. The van der Waals surface area contributed by atoms with E-state index in [-0.39, 0.29) is 23.9 Å². The summed E-state index contributed by atoms with van der Waals surface area (Å²) < 4.78 is 38.7. The maximum absolute atomic E-state index is 12.9.